The third-order valence-electron chi connectivity index (χ3n) is 4.59. The first-order valence-electron chi connectivity index (χ1n) is 8.19. The Morgan fingerprint density at radius 3 is 2.59 bits per heavy atom. The Morgan fingerprint density at radius 2 is 1.85 bits per heavy atom. The van der Waals surface area contributed by atoms with Gasteiger partial charge in [-0.3, -0.25) is 14.5 Å². The van der Waals surface area contributed by atoms with Crippen LogP contribution < -0.4 is 10.3 Å². The van der Waals surface area contributed by atoms with Crippen LogP contribution in [0.5, 0.6) is 0 Å². The first-order valence-corrected chi connectivity index (χ1v) is 9.07. The quantitative estimate of drug-likeness (QED) is 0.526. The summed E-state index contributed by atoms with van der Waals surface area (Å²) >= 11 is 1.28. The minimum absolute atomic E-state index is 0.00299. The number of carbonyl (C=O) groups excluding carboxylic acids is 1. The number of nitrogens with zero attached hydrogens (tertiary/aromatic N) is 2. The van der Waals surface area contributed by atoms with Gasteiger partial charge in [-0.1, -0.05) is 24.3 Å². The Hall–Kier alpha value is -3.32. The predicted octanol–water partition coefficient (Wildman–Crippen LogP) is 4.14. The van der Waals surface area contributed by atoms with Gasteiger partial charge in [0.05, 0.1) is 17.0 Å². The van der Waals surface area contributed by atoms with Gasteiger partial charge >= 0.3 is 0 Å². The van der Waals surface area contributed by atoms with Crippen LogP contribution in [0.1, 0.15) is 27.7 Å². The zero-order valence-electron chi connectivity index (χ0n) is 13.8. The fourth-order valence-electron chi connectivity index (χ4n) is 3.41. The molecule has 3 heterocycles. The Bertz CT molecular complexity index is 1230. The van der Waals surface area contributed by atoms with Crippen LogP contribution in [0, 0.1) is 5.82 Å². The molecule has 0 saturated heterocycles. The highest BCUT2D eigenvalue weighted by Crippen LogP contribution is 2.41. The summed E-state index contributed by atoms with van der Waals surface area (Å²) in [5.74, 6) is -0.824. The minimum Gasteiger partial charge on any atom is -0.450 e. The van der Waals surface area contributed by atoms with Crippen molar-refractivity contribution in [2.24, 2.45) is 0 Å². The Balaban J connectivity index is 1.83. The summed E-state index contributed by atoms with van der Waals surface area (Å²) in [5.41, 5.74) is 0.948. The maximum absolute atomic E-state index is 13.4. The van der Waals surface area contributed by atoms with Crippen LogP contribution in [0.4, 0.5) is 9.52 Å². The van der Waals surface area contributed by atoms with E-state index in [4.69, 9.17) is 4.42 Å². The number of anilines is 1. The normalized spacial score (nSPS) is 16.1. The Labute approximate surface area is 156 Å². The average Bonchev–Trinajstić information content (AvgIpc) is 3.30. The first kappa shape index (κ1) is 15.9. The van der Waals surface area contributed by atoms with E-state index in [1.807, 2.05) is 0 Å². The number of amides is 1. The third-order valence-corrected chi connectivity index (χ3v) is 5.36. The maximum atomic E-state index is 13.4. The minimum atomic E-state index is -0.722. The van der Waals surface area contributed by atoms with Crippen molar-refractivity contribution in [1.29, 1.82) is 0 Å². The van der Waals surface area contributed by atoms with Crippen molar-refractivity contribution in [2.45, 2.75) is 6.04 Å². The molecule has 4 aromatic rings. The van der Waals surface area contributed by atoms with Crippen LogP contribution in [0.15, 0.2) is 69.3 Å². The zero-order chi connectivity index (χ0) is 18.5. The highest BCUT2D eigenvalue weighted by Gasteiger charge is 2.44. The molecule has 1 aliphatic heterocycles. The monoisotopic (exact) mass is 378 g/mol. The molecule has 0 bridgehead atoms. The number of halogens is 1. The molecule has 27 heavy (non-hydrogen) atoms. The average molecular weight is 378 g/mol. The number of hydrogen-bond acceptors (Lipinski definition) is 5. The highest BCUT2D eigenvalue weighted by atomic mass is 32.1. The third kappa shape index (κ3) is 2.32. The van der Waals surface area contributed by atoms with E-state index < -0.39 is 17.8 Å². The second kappa shape index (κ2) is 5.85. The van der Waals surface area contributed by atoms with Crippen LogP contribution >= 0.6 is 11.3 Å². The zero-order valence-corrected chi connectivity index (χ0v) is 14.6. The molecular weight excluding hydrogens is 367 g/mol. The van der Waals surface area contributed by atoms with Gasteiger partial charge in [-0.05, 0) is 29.8 Å². The second-order valence-corrected chi connectivity index (χ2v) is 6.99. The van der Waals surface area contributed by atoms with E-state index in [0.717, 1.165) is 0 Å². The van der Waals surface area contributed by atoms with E-state index in [1.54, 1.807) is 48.0 Å². The number of carbonyl (C=O) groups is 1. The van der Waals surface area contributed by atoms with E-state index in [2.05, 4.69) is 4.98 Å². The van der Waals surface area contributed by atoms with Gasteiger partial charge in [0, 0.05) is 11.6 Å². The largest absolute Gasteiger partial charge is 0.450 e. The molecule has 0 N–H and O–H groups in total. The van der Waals surface area contributed by atoms with E-state index in [9.17, 15) is 14.0 Å². The molecule has 0 radical (unpaired) electrons. The van der Waals surface area contributed by atoms with Gasteiger partial charge < -0.3 is 4.42 Å². The number of para-hydroxylation sites is 1. The molecule has 0 aliphatic carbocycles. The lowest BCUT2D eigenvalue weighted by Crippen LogP contribution is -2.29. The maximum Gasteiger partial charge on any atom is 0.297 e. The molecular formula is C20H11FN2O3S. The van der Waals surface area contributed by atoms with Crippen LogP contribution in [0.2, 0.25) is 0 Å². The van der Waals surface area contributed by atoms with Crippen LogP contribution in [0.3, 0.4) is 0 Å². The van der Waals surface area contributed by atoms with Gasteiger partial charge in [-0.15, -0.1) is 11.3 Å². The molecule has 5 rings (SSSR count). The fourth-order valence-corrected chi connectivity index (χ4v) is 4.08. The predicted molar refractivity (Wildman–Crippen MR) is 99.7 cm³/mol. The summed E-state index contributed by atoms with van der Waals surface area (Å²) in [6, 6.07) is 11.8. The molecule has 0 saturated carbocycles. The van der Waals surface area contributed by atoms with E-state index in [1.165, 1.54) is 28.4 Å². The molecule has 2 aromatic carbocycles. The molecule has 0 unspecified atom stereocenters. The van der Waals surface area contributed by atoms with Crippen molar-refractivity contribution in [2.75, 3.05) is 4.90 Å². The number of thiazole rings is 1. The number of hydrogen-bond donors (Lipinski definition) is 0. The van der Waals surface area contributed by atoms with Crippen molar-refractivity contribution in [3.63, 3.8) is 0 Å². The molecule has 0 spiro atoms. The van der Waals surface area contributed by atoms with Gasteiger partial charge in [-0.25, -0.2) is 9.37 Å². The standard InChI is InChI=1S/C20H11FN2O3S/c21-12-7-5-11(6-8-12)16-15-17(24)13-3-1-2-4-14(13)26-18(15)19(25)23(16)20-22-9-10-27-20/h1-10,16H/t16-/m0/s1. The summed E-state index contributed by atoms with van der Waals surface area (Å²) in [6.45, 7) is 0. The first-order chi connectivity index (χ1) is 13.1. The smallest absolute Gasteiger partial charge is 0.297 e. The van der Waals surface area contributed by atoms with Crippen molar-refractivity contribution in [3.8, 4) is 0 Å². The molecule has 5 nitrogen and oxygen atoms in total. The van der Waals surface area contributed by atoms with Gasteiger partial charge in [0.15, 0.2) is 10.6 Å². The number of benzene rings is 2. The SMILES string of the molecule is O=C1c2oc3ccccc3c(=O)c2[C@H](c2ccc(F)cc2)N1c1nccs1. The van der Waals surface area contributed by atoms with E-state index >= 15 is 0 Å². The summed E-state index contributed by atoms with van der Waals surface area (Å²) in [6.07, 6.45) is 1.59. The second-order valence-electron chi connectivity index (χ2n) is 6.11. The van der Waals surface area contributed by atoms with Gasteiger partial charge in [0.25, 0.3) is 5.91 Å². The van der Waals surface area contributed by atoms with Crippen LogP contribution in [-0.4, -0.2) is 10.9 Å². The molecule has 7 heteroatoms. The number of rotatable bonds is 2. The summed E-state index contributed by atoms with van der Waals surface area (Å²) in [5, 5.41) is 2.60. The van der Waals surface area contributed by atoms with Crippen molar-refractivity contribution < 1.29 is 13.6 Å². The van der Waals surface area contributed by atoms with Crippen LogP contribution in [-0.2, 0) is 0 Å². The summed E-state index contributed by atoms with van der Waals surface area (Å²) in [7, 11) is 0. The molecule has 132 valence electrons. The van der Waals surface area contributed by atoms with Crippen LogP contribution in [0.25, 0.3) is 11.0 Å². The lowest BCUT2D eigenvalue weighted by atomic mass is 9.99. The topological polar surface area (TPSA) is 63.4 Å². The Morgan fingerprint density at radius 1 is 1.07 bits per heavy atom. The van der Waals surface area contributed by atoms with Gasteiger partial charge in [0.1, 0.15) is 11.4 Å². The highest BCUT2D eigenvalue weighted by molar-refractivity contribution is 7.13. The van der Waals surface area contributed by atoms with Gasteiger partial charge in [-0.2, -0.15) is 0 Å². The van der Waals surface area contributed by atoms with Crippen molar-refractivity contribution >= 4 is 33.3 Å². The lowest BCUT2D eigenvalue weighted by Gasteiger charge is -2.22. The molecule has 2 aromatic heterocycles. The lowest BCUT2D eigenvalue weighted by molar-refractivity contribution is 0.0971. The summed E-state index contributed by atoms with van der Waals surface area (Å²) < 4.78 is 19.2. The number of aromatic nitrogens is 1. The van der Waals surface area contributed by atoms with Crippen molar-refractivity contribution in [1.82, 2.24) is 4.98 Å². The van der Waals surface area contributed by atoms with E-state index in [0.29, 0.717) is 21.7 Å². The Kier molecular flexibility index (Phi) is 3.45. The molecule has 0 fully saturated rings. The fraction of sp³-hybridized carbons (Fsp3) is 0.0500. The van der Waals surface area contributed by atoms with Crippen molar-refractivity contribution in [3.05, 3.63) is 93.0 Å². The molecule has 1 atom stereocenters. The number of fused-ring (bicyclic) bond motifs is 2. The molecule has 1 amide bonds. The van der Waals surface area contributed by atoms with Gasteiger partial charge in [0.2, 0.25) is 5.76 Å². The van der Waals surface area contributed by atoms with E-state index in [-0.39, 0.29) is 16.8 Å². The molecule has 1 aliphatic rings. The summed E-state index contributed by atoms with van der Waals surface area (Å²) in [4.78, 5) is 32.0.